The summed E-state index contributed by atoms with van der Waals surface area (Å²) in [5.41, 5.74) is 2.65. The van der Waals surface area contributed by atoms with Crippen molar-refractivity contribution in [1.82, 2.24) is 9.97 Å². The number of nitriles is 1. The number of pyridine rings is 1. The minimum atomic E-state index is -0.294. The minimum Gasteiger partial charge on any atom is -0.762 e. The lowest BCUT2D eigenvalue weighted by atomic mass is 10.2. The van der Waals surface area contributed by atoms with Gasteiger partial charge in [-0.2, -0.15) is 9.83 Å². The first-order valence-electron chi connectivity index (χ1n) is 9.68. The minimum absolute atomic E-state index is 0.147. The van der Waals surface area contributed by atoms with Gasteiger partial charge in [0.25, 0.3) is 0 Å². The number of hydrogen-bond acceptors (Lipinski definition) is 4. The van der Waals surface area contributed by atoms with Crippen molar-refractivity contribution in [2.24, 2.45) is 0 Å². The van der Waals surface area contributed by atoms with E-state index in [2.05, 4.69) is 15.3 Å². The van der Waals surface area contributed by atoms with Crippen molar-refractivity contribution in [1.29, 1.82) is 5.26 Å². The number of fused-ring (bicyclic) bond motifs is 1. The van der Waals surface area contributed by atoms with Gasteiger partial charge in [-0.3, -0.25) is 4.79 Å². The first kappa shape index (κ1) is 20.4. The van der Waals surface area contributed by atoms with E-state index in [9.17, 15) is 15.5 Å². The van der Waals surface area contributed by atoms with Gasteiger partial charge in [0.1, 0.15) is 23.4 Å². The Morgan fingerprint density at radius 3 is 2.44 bits per heavy atom. The number of amides is 1. The fourth-order valence-electron chi connectivity index (χ4n) is 3.07. The Morgan fingerprint density at radius 1 is 1.00 bits per heavy atom. The molecule has 2 aromatic heterocycles. The van der Waals surface area contributed by atoms with Gasteiger partial charge in [-0.05, 0) is 40.9 Å². The smallest absolute Gasteiger partial charge is 0.356 e. The van der Waals surface area contributed by atoms with E-state index in [1.807, 2.05) is 54.4 Å². The van der Waals surface area contributed by atoms with E-state index in [1.54, 1.807) is 47.3 Å². The van der Waals surface area contributed by atoms with Crippen LogP contribution in [0.3, 0.4) is 0 Å². The third kappa shape index (κ3) is 4.46. The molecule has 0 aliphatic heterocycles. The summed E-state index contributed by atoms with van der Waals surface area (Å²) in [7, 11) is 0. The molecule has 1 N–H and O–H groups in total. The zero-order valence-electron chi connectivity index (χ0n) is 16.8. The van der Waals surface area contributed by atoms with Crippen LogP contribution in [-0.4, -0.2) is 21.7 Å². The lowest BCUT2D eigenvalue weighted by Crippen LogP contribution is -2.33. The number of nitrogens with one attached hydrogen (secondary N) is 1. The van der Waals surface area contributed by atoms with Gasteiger partial charge in [-0.1, -0.05) is 42.5 Å². The Hall–Kier alpha value is -4.92. The van der Waals surface area contributed by atoms with Crippen molar-refractivity contribution in [3.63, 3.8) is 0 Å². The number of allylic oxidation sites excluding steroid dienone is 1. The van der Waals surface area contributed by atoms with E-state index in [0.717, 1.165) is 5.56 Å². The molecule has 7 nitrogen and oxygen atoms in total. The van der Waals surface area contributed by atoms with Crippen LogP contribution in [0, 0.1) is 11.3 Å². The van der Waals surface area contributed by atoms with Crippen LogP contribution < -0.4 is 9.88 Å². The average Bonchev–Trinajstić information content (AvgIpc) is 2.84. The Balaban J connectivity index is 1.69. The van der Waals surface area contributed by atoms with Crippen molar-refractivity contribution < 1.29 is 9.36 Å². The molecule has 0 saturated carbocycles. The SMILES string of the molecule is N#CC(=C=[N-])c1nc2ccccc2nc1-[n+]1cccc(NC(=O)/C=C/c2ccccc2)c1. The second kappa shape index (κ2) is 9.26. The summed E-state index contributed by atoms with van der Waals surface area (Å²) in [6.45, 7) is 0. The zero-order valence-corrected chi connectivity index (χ0v) is 16.8. The standard InChI is InChI=1S/C25H16N6O/c26-15-19(16-27)24-25(30-22-11-5-4-10-21(22)29-24)31-14-6-9-20(17-31)28-23(32)13-12-18-7-2-1-3-8-18/h1-14,17H,(H,28,32)/b13-12+. The van der Waals surface area contributed by atoms with Crippen LogP contribution in [0.1, 0.15) is 11.3 Å². The van der Waals surface area contributed by atoms with Gasteiger partial charge in [0, 0.05) is 6.08 Å². The summed E-state index contributed by atoms with van der Waals surface area (Å²) in [6.07, 6.45) is 6.54. The van der Waals surface area contributed by atoms with E-state index < -0.39 is 0 Å². The first-order valence-corrected chi connectivity index (χ1v) is 9.68. The van der Waals surface area contributed by atoms with Crippen LogP contribution in [0.25, 0.3) is 33.9 Å². The fraction of sp³-hybridized carbons (Fsp3) is 0. The molecule has 4 rings (SSSR count). The van der Waals surface area contributed by atoms with Gasteiger partial charge >= 0.3 is 5.82 Å². The van der Waals surface area contributed by atoms with Crippen LogP contribution in [0.2, 0.25) is 0 Å². The molecule has 7 heteroatoms. The second-order valence-electron chi connectivity index (χ2n) is 6.72. The molecule has 0 radical (unpaired) electrons. The van der Waals surface area contributed by atoms with E-state index in [0.29, 0.717) is 22.5 Å². The van der Waals surface area contributed by atoms with Crippen molar-refractivity contribution in [2.45, 2.75) is 0 Å². The molecular formula is C25H16N6O. The molecule has 4 aromatic rings. The topological polar surface area (TPSA) is 105 Å². The maximum absolute atomic E-state index is 12.4. The first-order chi connectivity index (χ1) is 15.7. The summed E-state index contributed by atoms with van der Waals surface area (Å²) in [6, 6.07) is 22.1. The number of carbonyl (C=O) groups excluding carboxylic acids is 1. The highest BCUT2D eigenvalue weighted by Gasteiger charge is 2.22. The molecule has 1 amide bonds. The molecule has 0 spiro atoms. The van der Waals surface area contributed by atoms with Gasteiger partial charge in [0.15, 0.2) is 5.69 Å². The Bertz CT molecular complexity index is 1430. The lowest BCUT2D eigenvalue weighted by Gasteiger charge is -2.06. The summed E-state index contributed by atoms with van der Waals surface area (Å²) >= 11 is 0. The summed E-state index contributed by atoms with van der Waals surface area (Å²) in [4.78, 5) is 21.4. The number of benzene rings is 2. The van der Waals surface area contributed by atoms with Gasteiger partial charge in [-0.15, -0.1) is 0 Å². The highest BCUT2D eigenvalue weighted by atomic mass is 16.1. The number of nitrogens with zero attached hydrogens (tertiary/aromatic N) is 5. The highest BCUT2D eigenvalue weighted by Crippen LogP contribution is 2.18. The van der Waals surface area contributed by atoms with Crippen LogP contribution >= 0.6 is 0 Å². The number of aromatic nitrogens is 3. The molecule has 0 saturated heterocycles. The Labute approximate surface area is 184 Å². The van der Waals surface area contributed by atoms with Crippen molar-refractivity contribution in [3.8, 4) is 11.9 Å². The van der Waals surface area contributed by atoms with E-state index in [-0.39, 0.29) is 17.2 Å². The molecular weight excluding hydrogens is 400 g/mol. The van der Waals surface area contributed by atoms with Crippen LogP contribution in [0.4, 0.5) is 5.69 Å². The molecule has 0 atom stereocenters. The predicted octanol–water partition coefficient (Wildman–Crippen LogP) is 3.70. The lowest BCUT2D eigenvalue weighted by molar-refractivity contribution is -0.599. The van der Waals surface area contributed by atoms with E-state index in [4.69, 9.17) is 0 Å². The third-order valence-corrected chi connectivity index (χ3v) is 4.55. The molecule has 2 aromatic carbocycles. The van der Waals surface area contributed by atoms with Crippen LogP contribution in [0.15, 0.2) is 85.2 Å². The van der Waals surface area contributed by atoms with Crippen LogP contribution in [-0.2, 0) is 4.79 Å². The molecule has 0 unspecified atom stereocenters. The van der Waals surface area contributed by atoms with Crippen molar-refractivity contribution >= 4 is 40.1 Å². The van der Waals surface area contributed by atoms with Crippen molar-refractivity contribution in [3.05, 3.63) is 102 Å². The van der Waals surface area contributed by atoms with Gasteiger partial charge in [-0.25, -0.2) is 10.9 Å². The number of hydrogen-bond donors (Lipinski definition) is 1. The number of carbonyl (C=O) groups is 1. The summed E-state index contributed by atoms with van der Waals surface area (Å²) in [5, 5.41) is 21.6. The monoisotopic (exact) mass is 416 g/mol. The summed E-state index contributed by atoms with van der Waals surface area (Å²) < 4.78 is 1.62. The number of para-hydroxylation sites is 2. The largest absolute Gasteiger partial charge is 0.762 e. The Morgan fingerprint density at radius 2 is 1.72 bits per heavy atom. The molecule has 0 fully saturated rings. The summed E-state index contributed by atoms with van der Waals surface area (Å²) in [5.74, 6) is 1.91. The second-order valence-corrected chi connectivity index (χ2v) is 6.72. The number of rotatable bonds is 5. The average molecular weight is 416 g/mol. The van der Waals surface area contributed by atoms with Crippen LogP contribution in [0.5, 0.6) is 0 Å². The molecule has 32 heavy (non-hydrogen) atoms. The maximum atomic E-state index is 12.4. The molecule has 2 heterocycles. The fourth-order valence-corrected chi connectivity index (χ4v) is 3.07. The van der Waals surface area contributed by atoms with Crippen molar-refractivity contribution in [2.75, 3.05) is 5.32 Å². The number of anilines is 1. The molecule has 0 aliphatic rings. The third-order valence-electron chi connectivity index (χ3n) is 4.55. The normalized spacial score (nSPS) is 10.5. The maximum Gasteiger partial charge on any atom is 0.356 e. The van der Waals surface area contributed by atoms with Gasteiger partial charge < -0.3 is 10.7 Å². The quantitative estimate of drug-likeness (QED) is 0.232. The predicted molar refractivity (Wildman–Crippen MR) is 123 cm³/mol. The van der Waals surface area contributed by atoms with E-state index in [1.165, 1.54) is 6.08 Å². The molecule has 152 valence electrons. The van der Waals surface area contributed by atoms with Gasteiger partial charge in [0.05, 0.1) is 11.9 Å². The highest BCUT2D eigenvalue weighted by molar-refractivity contribution is 6.02. The van der Waals surface area contributed by atoms with Gasteiger partial charge in [0.2, 0.25) is 11.4 Å². The Kier molecular flexibility index (Phi) is 5.89. The molecule has 0 bridgehead atoms. The zero-order chi connectivity index (χ0) is 22.3. The molecule has 0 aliphatic carbocycles. The van der Waals surface area contributed by atoms with E-state index >= 15 is 0 Å².